The van der Waals surface area contributed by atoms with Crippen LogP contribution in [0, 0.1) is 5.41 Å². The molecule has 2 nitrogen and oxygen atoms in total. The zero-order chi connectivity index (χ0) is 9.90. The predicted molar refractivity (Wildman–Crippen MR) is 53.7 cm³/mol. The normalized spacial score (nSPS) is 26.3. The SMILES string of the molecule is CCC(C)(C)CC(O)C1CCCO1. The van der Waals surface area contributed by atoms with Crippen molar-refractivity contribution in [1.29, 1.82) is 0 Å². The average Bonchev–Trinajstić information content (AvgIpc) is 2.55. The highest BCUT2D eigenvalue weighted by molar-refractivity contribution is 4.79. The van der Waals surface area contributed by atoms with Crippen molar-refractivity contribution in [3.8, 4) is 0 Å². The smallest absolute Gasteiger partial charge is 0.0834 e. The zero-order valence-corrected chi connectivity index (χ0v) is 9.05. The maximum Gasteiger partial charge on any atom is 0.0834 e. The van der Waals surface area contributed by atoms with E-state index in [-0.39, 0.29) is 17.6 Å². The van der Waals surface area contributed by atoms with Crippen molar-refractivity contribution in [2.75, 3.05) is 6.61 Å². The van der Waals surface area contributed by atoms with Crippen molar-refractivity contribution in [1.82, 2.24) is 0 Å². The van der Waals surface area contributed by atoms with E-state index in [4.69, 9.17) is 4.74 Å². The van der Waals surface area contributed by atoms with Gasteiger partial charge in [0.25, 0.3) is 0 Å². The molecule has 0 aliphatic carbocycles. The topological polar surface area (TPSA) is 29.5 Å². The van der Waals surface area contributed by atoms with Crippen molar-refractivity contribution in [2.45, 2.75) is 58.7 Å². The number of aliphatic hydroxyl groups excluding tert-OH is 1. The maximum atomic E-state index is 9.89. The molecule has 0 aromatic carbocycles. The fourth-order valence-electron chi connectivity index (χ4n) is 1.75. The number of hydrogen-bond acceptors (Lipinski definition) is 2. The Morgan fingerprint density at radius 2 is 2.23 bits per heavy atom. The Labute approximate surface area is 81.3 Å². The largest absolute Gasteiger partial charge is 0.390 e. The minimum Gasteiger partial charge on any atom is -0.390 e. The monoisotopic (exact) mass is 186 g/mol. The molecule has 1 heterocycles. The molecule has 0 aromatic rings. The minimum absolute atomic E-state index is 0.103. The summed E-state index contributed by atoms with van der Waals surface area (Å²) in [4.78, 5) is 0. The summed E-state index contributed by atoms with van der Waals surface area (Å²) < 4.78 is 5.46. The summed E-state index contributed by atoms with van der Waals surface area (Å²) in [7, 11) is 0. The first kappa shape index (κ1) is 11.0. The molecule has 13 heavy (non-hydrogen) atoms. The predicted octanol–water partition coefficient (Wildman–Crippen LogP) is 2.35. The van der Waals surface area contributed by atoms with Crippen molar-refractivity contribution in [3.63, 3.8) is 0 Å². The number of aliphatic hydroxyl groups is 1. The Bertz CT molecular complexity index is 148. The number of hydrogen-bond donors (Lipinski definition) is 1. The van der Waals surface area contributed by atoms with E-state index in [9.17, 15) is 5.11 Å². The van der Waals surface area contributed by atoms with Gasteiger partial charge in [-0.25, -0.2) is 0 Å². The first-order valence-corrected chi connectivity index (χ1v) is 5.35. The summed E-state index contributed by atoms with van der Waals surface area (Å²) in [6.45, 7) is 7.40. The summed E-state index contributed by atoms with van der Waals surface area (Å²) in [5.74, 6) is 0. The van der Waals surface area contributed by atoms with Crippen molar-refractivity contribution >= 4 is 0 Å². The van der Waals surface area contributed by atoms with E-state index >= 15 is 0 Å². The molecule has 0 spiro atoms. The molecule has 0 aromatic heterocycles. The first-order valence-electron chi connectivity index (χ1n) is 5.35. The third kappa shape index (κ3) is 3.28. The van der Waals surface area contributed by atoms with Crippen LogP contribution >= 0.6 is 0 Å². The van der Waals surface area contributed by atoms with Crippen LogP contribution in [0.3, 0.4) is 0 Å². The summed E-state index contributed by atoms with van der Waals surface area (Å²) in [6, 6.07) is 0. The molecule has 2 unspecified atom stereocenters. The molecule has 2 atom stereocenters. The van der Waals surface area contributed by atoms with Crippen LogP contribution in [0.15, 0.2) is 0 Å². The fourth-order valence-corrected chi connectivity index (χ4v) is 1.75. The minimum atomic E-state index is -0.266. The second-order valence-corrected chi connectivity index (χ2v) is 4.84. The van der Waals surface area contributed by atoms with Gasteiger partial charge in [-0.1, -0.05) is 27.2 Å². The van der Waals surface area contributed by atoms with Crippen molar-refractivity contribution < 1.29 is 9.84 Å². The average molecular weight is 186 g/mol. The van der Waals surface area contributed by atoms with Crippen molar-refractivity contribution in [3.05, 3.63) is 0 Å². The molecular weight excluding hydrogens is 164 g/mol. The Balaban J connectivity index is 2.35. The van der Waals surface area contributed by atoms with Crippen LogP contribution in [0.25, 0.3) is 0 Å². The molecule has 1 fully saturated rings. The highest BCUT2D eigenvalue weighted by atomic mass is 16.5. The third-order valence-electron chi connectivity index (χ3n) is 3.11. The van der Waals surface area contributed by atoms with Gasteiger partial charge in [-0.3, -0.25) is 0 Å². The second-order valence-electron chi connectivity index (χ2n) is 4.84. The lowest BCUT2D eigenvalue weighted by Gasteiger charge is -2.28. The van der Waals surface area contributed by atoms with E-state index in [0.29, 0.717) is 0 Å². The van der Waals surface area contributed by atoms with Crippen LogP contribution < -0.4 is 0 Å². The van der Waals surface area contributed by atoms with Gasteiger partial charge in [0.15, 0.2) is 0 Å². The number of ether oxygens (including phenoxy) is 1. The Hall–Kier alpha value is -0.0800. The molecule has 0 radical (unpaired) electrons. The number of rotatable bonds is 4. The maximum absolute atomic E-state index is 9.89. The molecule has 0 bridgehead atoms. The quantitative estimate of drug-likeness (QED) is 0.730. The van der Waals surface area contributed by atoms with Gasteiger partial charge in [-0.15, -0.1) is 0 Å². The molecular formula is C11H22O2. The molecule has 0 amide bonds. The molecule has 78 valence electrons. The van der Waals surface area contributed by atoms with E-state index in [0.717, 1.165) is 32.3 Å². The van der Waals surface area contributed by atoms with Gasteiger partial charge < -0.3 is 9.84 Å². The fraction of sp³-hybridized carbons (Fsp3) is 1.00. The molecule has 1 aliphatic rings. The van der Waals surface area contributed by atoms with Gasteiger partial charge in [-0.05, 0) is 24.7 Å². The Morgan fingerprint density at radius 1 is 1.54 bits per heavy atom. The zero-order valence-electron chi connectivity index (χ0n) is 9.05. The van der Waals surface area contributed by atoms with E-state index in [1.54, 1.807) is 0 Å². The van der Waals surface area contributed by atoms with Crippen molar-refractivity contribution in [2.24, 2.45) is 5.41 Å². The highest BCUT2D eigenvalue weighted by Gasteiger charge is 2.28. The van der Waals surface area contributed by atoms with E-state index in [2.05, 4.69) is 20.8 Å². The van der Waals surface area contributed by atoms with Crippen LogP contribution in [0.5, 0.6) is 0 Å². The second kappa shape index (κ2) is 4.43. The standard InChI is InChI=1S/C11H22O2/c1-4-11(2,3)8-9(12)10-6-5-7-13-10/h9-10,12H,4-8H2,1-3H3. The first-order chi connectivity index (χ1) is 6.05. The summed E-state index contributed by atoms with van der Waals surface area (Å²) in [5, 5.41) is 9.89. The van der Waals surface area contributed by atoms with Gasteiger partial charge in [-0.2, -0.15) is 0 Å². The summed E-state index contributed by atoms with van der Waals surface area (Å²) in [5.41, 5.74) is 0.241. The van der Waals surface area contributed by atoms with Crippen LogP contribution in [-0.2, 0) is 4.74 Å². The van der Waals surface area contributed by atoms with Crippen LogP contribution in [0.4, 0.5) is 0 Å². The van der Waals surface area contributed by atoms with E-state index in [1.807, 2.05) is 0 Å². The molecule has 1 saturated heterocycles. The third-order valence-corrected chi connectivity index (χ3v) is 3.11. The molecule has 1 rings (SSSR count). The van der Waals surface area contributed by atoms with Crippen LogP contribution in [0.1, 0.15) is 46.5 Å². The molecule has 1 N–H and O–H groups in total. The molecule has 0 saturated carbocycles. The highest BCUT2D eigenvalue weighted by Crippen LogP contribution is 2.29. The van der Waals surface area contributed by atoms with Crippen LogP contribution in [-0.4, -0.2) is 23.9 Å². The van der Waals surface area contributed by atoms with Gasteiger partial charge in [0, 0.05) is 6.61 Å². The summed E-state index contributed by atoms with van der Waals surface area (Å²) >= 11 is 0. The van der Waals surface area contributed by atoms with Crippen LogP contribution in [0.2, 0.25) is 0 Å². The molecule has 2 heteroatoms. The van der Waals surface area contributed by atoms with E-state index in [1.165, 1.54) is 0 Å². The van der Waals surface area contributed by atoms with Gasteiger partial charge in [0.2, 0.25) is 0 Å². The lowest BCUT2D eigenvalue weighted by Crippen LogP contribution is -2.30. The lowest BCUT2D eigenvalue weighted by molar-refractivity contribution is -0.0226. The van der Waals surface area contributed by atoms with Gasteiger partial charge in [0.05, 0.1) is 12.2 Å². The lowest BCUT2D eigenvalue weighted by atomic mass is 9.82. The van der Waals surface area contributed by atoms with Gasteiger partial charge in [0.1, 0.15) is 0 Å². The van der Waals surface area contributed by atoms with E-state index < -0.39 is 0 Å². The Kier molecular flexibility index (Phi) is 3.74. The Morgan fingerprint density at radius 3 is 2.69 bits per heavy atom. The molecule has 1 aliphatic heterocycles. The summed E-state index contributed by atoms with van der Waals surface area (Å²) in [6.07, 6.45) is 3.93. The van der Waals surface area contributed by atoms with Gasteiger partial charge >= 0.3 is 0 Å².